The molecule has 1 saturated heterocycles. The van der Waals surface area contributed by atoms with E-state index in [0.717, 1.165) is 63.3 Å². The first-order chi connectivity index (χ1) is 12.3. The van der Waals surface area contributed by atoms with Gasteiger partial charge in [-0.25, -0.2) is 0 Å². The summed E-state index contributed by atoms with van der Waals surface area (Å²) in [6, 6.07) is 5.78. The number of morpholine rings is 1. The topological polar surface area (TPSA) is 67.4 Å². The zero-order chi connectivity index (χ0) is 17.9. The van der Waals surface area contributed by atoms with E-state index in [9.17, 15) is 0 Å². The van der Waals surface area contributed by atoms with Crippen molar-refractivity contribution in [3.8, 4) is 11.5 Å². The molecule has 0 atom stereocenters. The second kappa shape index (κ2) is 10.8. The lowest BCUT2D eigenvalue weighted by Crippen LogP contribution is -2.38. The summed E-state index contributed by atoms with van der Waals surface area (Å²) >= 11 is 0. The van der Waals surface area contributed by atoms with E-state index in [1.807, 2.05) is 25.1 Å². The van der Waals surface area contributed by atoms with Crippen LogP contribution in [0.1, 0.15) is 13.8 Å². The summed E-state index contributed by atoms with van der Waals surface area (Å²) in [5.41, 5.74) is 0.909. The number of rotatable bonds is 8. The highest BCUT2D eigenvalue weighted by Gasteiger charge is 2.10. The van der Waals surface area contributed by atoms with Gasteiger partial charge in [0.25, 0.3) is 0 Å². The number of nitrogens with one attached hydrogen (secondary N) is 2. The van der Waals surface area contributed by atoms with E-state index in [1.54, 1.807) is 7.11 Å². The lowest BCUT2D eigenvalue weighted by Gasteiger charge is -2.25. The van der Waals surface area contributed by atoms with Crippen molar-refractivity contribution in [2.75, 3.05) is 65.0 Å². The molecular weight excluding hydrogens is 320 g/mol. The summed E-state index contributed by atoms with van der Waals surface area (Å²) < 4.78 is 16.3. The minimum absolute atomic E-state index is 0.606. The van der Waals surface area contributed by atoms with Crippen LogP contribution in [0.3, 0.4) is 0 Å². The Balaban J connectivity index is 1.96. The fourth-order valence-corrected chi connectivity index (χ4v) is 2.59. The summed E-state index contributed by atoms with van der Waals surface area (Å²) in [4.78, 5) is 7.03. The van der Waals surface area contributed by atoms with Gasteiger partial charge < -0.3 is 24.8 Å². The van der Waals surface area contributed by atoms with Crippen LogP contribution in [-0.2, 0) is 4.74 Å². The number of hydrogen-bond donors (Lipinski definition) is 2. The van der Waals surface area contributed by atoms with Gasteiger partial charge in [-0.15, -0.1) is 0 Å². The minimum Gasteiger partial charge on any atom is -0.493 e. The lowest BCUT2D eigenvalue weighted by molar-refractivity contribution is 0.0394. The van der Waals surface area contributed by atoms with Crippen LogP contribution in [0.5, 0.6) is 11.5 Å². The Morgan fingerprint density at radius 3 is 2.72 bits per heavy atom. The third kappa shape index (κ3) is 6.43. The van der Waals surface area contributed by atoms with Gasteiger partial charge in [-0.1, -0.05) is 0 Å². The van der Waals surface area contributed by atoms with Crippen LogP contribution < -0.4 is 20.1 Å². The minimum atomic E-state index is 0.606. The number of anilines is 1. The largest absolute Gasteiger partial charge is 0.493 e. The lowest BCUT2D eigenvalue weighted by atomic mass is 10.2. The van der Waals surface area contributed by atoms with Gasteiger partial charge in [0.2, 0.25) is 0 Å². The summed E-state index contributed by atoms with van der Waals surface area (Å²) in [6.07, 6.45) is 0. The quantitative estimate of drug-likeness (QED) is 0.550. The molecule has 1 aromatic rings. The van der Waals surface area contributed by atoms with Crippen LogP contribution in [0.2, 0.25) is 0 Å². The molecule has 2 N–H and O–H groups in total. The molecule has 0 amide bonds. The molecule has 0 radical (unpaired) electrons. The van der Waals surface area contributed by atoms with Gasteiger partial charge in [0.15, 0.2) is 17.5 Å². The highest BCUT2D eigenvalue weighted by Crippen LogP contribution is 2.30. The number of benzene rings is 1. The Kier molecular flexibility index (Phi) is 8.34. The van der Waals surface area contributed by atoms with Crippen molar-refractivity contribution in [2.45, 2.75) is 13.8 Å². The van der Waals surface area contributed by atoms with Crippen molar-refractivity contribution < 1.29 is 14.2 Å². The van der Waals surface area contributed by atoms with E-state index in [0.29, 0.717) is 12.4 Å². The molecular formula is C18H30N4O3. The fourth-order valence-electron chi connectivity index (χ4n) is 2.59. The molecule has 0 bridgehead atoms. The maximum absolute atomic E-state index is 5.55. The Labute approximate surface area is 150 Å². The van der Waals surface area contributed by atoms with E-state index >= 15 is 0 Å². The number of aliphatic imine (C=N–C) groups is 1. The normalized spacial score (nSPS) is 15.7. The summed E-state index contributed by atoms with van der Waals surface area (Å²) in [5, 5.41) is 6.59. The summed E-state index contributed by atoms with van der Waals surface area (Å²) in [6.45, 7) is 10.7. The predicted molar refractivity (Wildman–Crippen MR) is 101 cm³/mol. The summed E-state index contributed by atoms with van der Waals surface area (Å²) in [5.74, 6) is 2.21. The molecule has 7 heteroatoms. The first kappa shape index (κ1) is 19.3. The van der Waals surface area contributed by atoms with Crippen molar-refractivity contribution in [1.82, 2.24) is 10.2 Å². The van der Waals surface area contributed by atoms with Gasteiger partial charge in [0, 0.05) is 37.9 Å². The second-order valence-electron chi connectivity index (χ2n) is 5.64. The molecule has 0 aliphatic carbocycles. The van der Waals surface area contributed by atoms with Crippen LogP contribution in [-0.4, -0.2) is 70.5 Å². The van der Waals surface area contributed by atoms with E-state index in [1.165, 1.54) is 0 Å². The van der Waals surface area contributed by atoms with Crippen molar-refractivity contribution in [3.05, 3.63) is 18.2 Å². The van der Waals surface area contributed by atoms with Gasteiger partial charge in [0.05, 0.1) is 33.5 Å². The molecule has 1 aliphatic rings. The SMILES string of the molecule is CCNC(=NCCN1CCOCC1)Nc1ccc(OCC)c(OC)c1. The Morgan fingerprint density at radius 1 is 1.24 bits per heavy atom. The van der Waals surface area contributed by atoms with Crippen LogP contribution in [0.4, 0.5) is 5.69 Å². The average Bonchev–Trinajstić information content (AvgIpc) is 2.64. The third-order valence-corrected chi connectivity index (χ3v) is 3.86. The standard InChI is InChI=1S/C18H30N4O3/c1-4-19-18(20-8-9-22-10-12-24-13-11-22)21-15-6-7-16(25-5-2)17(14-15)23-3/h6-7,14H,4-5,8-13H2,1-3H3,(H2,19,20,21). The molecule has 1 aromatic carbocycles. The first-order valence-corrected chi connectivity index (χ1v) is 8.93. The van der Waals surface area contributed by atoms with Gasteiger partial charge in [0.1, 0.15) is 0 Å². The molecule has 1 aliphatic heterocycles. The van der Waals surface area contributed by atoms with Crippen LogP contribution >= 0.6 is 0 Å². The highest BCUT2D eigenvalue weighted by molar-refractivity contribution is 5.93. The zero-order valence-electron chi connectivity index (χ0n) is 15.5. The molecule has 0 aromatic heterocycles. The van der Waals surface area contributed by atoms with E-state index in [4.69, 9.17) is 14.2 Å². The molecule has 140 valence electrons. The maximum atomic E-state index is 5.55. The molecule has 0 spiro atoms. The van der Waals surface area contributed by atoms with Crippen molar-refractivity contribution in [3.63, 3.8) is 0 Å². The molecule has 2 rings (SSSR count). The van der Waals surface area contributed by atoms with Gasteiger partial charge >= 0.3 is 0 Å². The van der Waals surface area contributed by atoms with Crippen LogP contribution in [0.25, 0.3) is 0 Å². The van der Waals surface area contributed by atoms with Gasteiger partial charge in [-0.3, -0.25) is 9.89 Å². The third-order valence-electron chi connectivity index (χ3n) is 3.86. The second-order valence-corrected chi connectivity index (χ2v) is 5.64. The molecule has 1 fully saturated rings. The van der Waals surface area contributed by atoms with Crippen LogP contribution in [0.15, 0.2) is 23.2 Å². The Bertz CT molecular complexity index is 545. The van der Waals surface area contributed by atoms with E-state index in [-0.39, 0.29) is 0 Å². The van der Waals surface area contributed by atoms with Gasteiger partial charge in [-0.2, -0.15) is 0 Å². The Morgan fingerprint density at radius 2 is 2.04 bits per heavy atom. The van der Waals surface area contributed by atoms with Crippen molar-refractivity contribution in [2.24, 2.45) is 4.99 Å². The molecule has 25 heavy (non-hydrogen) atoms. The Hall–Kier alpha value is -1.99. The van der Waals surface area contributed by atoms with E-state index in [2.05, 4.69) is 27.4 Å². The number of hydrogen-bond acceptors (Lipinski definition) is 5. The first-order valence-electron chi connectivity index (χ1n) is 8.93. The molecule has 0 unspecified atom stereocenters. The molecule has 7 nitrogen and oxygen atoms in total. The maximum Gasteiger partial charge on any atom is 0.195 e. The number of methoxy groups -OCH3 is 1. The predicted octanol–water partition coefficient (Wildman–Crippen LogP) is 1.80. The number of nitrogens with zero attached hydrogens (tertiary/aromatic N) is 2. The molecule has 1 heterocycles. The van der Waals surface area contributed by atoms with Crippen molar-refractivity contribution >= 4 is 11.6 Å². The zero-order valence-corrected chi connectivity index (χ0v) is 15.5. The average molecular weight is 350 g/mol. The monoisotopic (exact) mass is 350 g/mol. The fraction of sp³-hybridized carbons (Fsp3) is 0.611. The highest BCUT2D eigenvalue weighted by atomic mass is 16.5. The number of ether oxygens (including phenoxy) is 3. The van der Waals surface area contributed by atoms with Crippen LogP contribution in [0, 0.1) is 0 Å². The summed E-state index contributed by atoms with van der Waals surface area (Å²) in [7, 11) is 1.64. The smallest absolute Gasteiger partial charge is 0.195 e. The van der Waals surface area contributed by atoms with E-state index < -0.39 is 0 Å². The van der Waals surface area contributed by atoms with Crippen molar-refractivity contribution in [1.29, 1.82) is 0 Å². The number of guanidine groups is 1. The van der Waals surface area contributed by atoms with Gasteiger partial charge in [-0.05, 0) is 26.0 Å². The molecule has 0 saturated carbocycles.